The predicted molar refractivity (Wildman–Crippen MR) is 123 cm³/mol. The Balaban J connectivity index is 4.67. The number of nitrogens with two attached hydrogens (primary N) is 4. The van der Waals surface area contributed by atoms with Gasteiger partial charge in [-0.15, -0.1) is 0 Å². The van der Waals surface area contributed by atoms with Gasteiger partial charge in [-0.2, -0.15) is 0 Å². The van der Waals surface area contributed by atoms with E-state index in [1.165, 1.54) is 60.5 Å². The highest BCUT2D eigenvalue weighted by atomic mass is 28.3. The molecule has 8 N–H and O–H groups in total. The third kappa shape index (κ3) is 11.8. The van der Waals surface area contributed by atoms with Gasteiger partial charge in [0.1, 0.15) is 0 Å². The van der Waals surface area contributed by atoms with Crippen LogP contribution in [0.15, 0.2) is 0 Å². The van der Waals surface area contributed by atoms with Gasteiger partial charge in [0.15, 0.2) is 0 Å². The molecular weight excluding hydrogens is 356 g/mol. The van der Waals surface area contributed by atoms with Crippen molar-refractivity contribution in [2.75, 3.05) is 39.8 Å². The number of hydrogen-bond acceptors (Lipinski definition) is 6. The van der Waals surface area contributed by atoms with Gasteiger partial charge in [0.25, 0.3) is 0 Å². The summed E-state index contributed by atoms with van der Waals surface area (Å²) in [5.41, 5.74) is 23.0. The SMILES string of the molecule is CCCC(C)([SiH3])CC[Si](C)(CCCN(CN)CN)CCCN(CN)CN. The van der Waals surface area contributed by atoms with Gasteiger partial charge in [0, 0.05) is 50.0 Å². The minimum atomic E-state index is -1.27. The van der Waals surface area contributed by atoms with Gasteiger partial charge in [-0.3, -0.25) is 9.80 Å². The Labute approximate surface area is 166 Å². The van der Waals surface area contributed by atoms with E-state index < -0.39 is 8.07 Å². The van der Waals surface area contributed by atoms with E-state index >= 15 is 0 Å². The van der Waals surface area contributed by atoms with Crippen molar-refractivity contribution in [3.05, 3.63) is 0 Å². The van der Waals surface area contributed by atoms with Gasteiger partial charge in [-0.05, 0) is 17.9 Å². The fourth-order valence-corrected chi connectivity index (χ4v) is 9.09. The summed E-state index contributed by atoms with van der Waals surface area (Å²) in [6.45, 7) is 11.7. The Bertz CT molecular complexity index is 318. The number of nitrogens with zero attached hydrogens (tertiary/aromatic N) is 2. The minimum Gasteiger partial charge on any atom is -0.318 e. The van der Waals surface area contributed by atoms with Crippen LogP contribution in [-0.4, -0.2) is 67.9 Å². The zero-order chi connectivity index (χ0) is 20.1. The van der Waals surface area contributed by atoms with Crippen LogP contribution in [0.2, 0.25) is 29.7 Å². The molecule has 0 saturated carbocycles. The van der Waals surface area contributed by atoms with Crippen molar-refractivity contribution < 1.29 is 0 Å². The summed E-state index contributed by atoms with van der Waals surface area (Å²) in [7, 11) is 0.0296. The van der Waals surface area contributed by atoms with Crippen LogP contribution in [0.1, 0.15) is 46.0 Å². The highest BCUT2D eigenvalue weighted by Gasteiger charge is 2.29. The lowest BCUT2D eigenvalue weighted by Gasteiger charge is -2.34. The molecule has 0 aliphatic heterocycles. The first-order valence-electron chi connectivity index (χ1n) is 10.5. The molecule has 158 valence electrons. The molecule has 0 spiro atoms. The van der Waals surface area contributed by atoms with Crippen LogP contribution < -0.4 is 22.9 Å². The van der Waals surface area contributed by atoms with Gasteiger partial charge in [-0.25, -0.2) is 0 Å². The number of hydrogen-bond donors (Lipinski definition) is 4. The molecule has 0 aliphatic carbocycles. The van der Waals surface area contributed by atoms with E-state index in [0.29, 0.717) is 31.7 Å². The molecule has 0 aromatic rings. The molecule has 0 heterocycles. The Morgan fingerprint density at radius 1 is 0.808 bits per heavy atom. The molecule has 0 radical (unpaired) electrons. The van der Waals surface area contributed by atoms with E-state index in [0.717, 1.165) is 13.1 Å². The summed E-state index contributed by atoms with van der Waals surface area (Å²) in [5, 5.41) is 0.601. The lowest BCUT2D eigenvalue weighted by molar-refractivity contribution is 0.288. The third-order valence-corrected chi connectivity index (χ3v) is 11.5. The summed E-state index contributed by atoms with van der Waals surface area (Å²) < 4.78 is 0. The molecule has 0 saturated heterocycles. The van der Waals surface area contributed by atoms with E-state index in [1.807, 2.05) is 0 Å². The number of rotatable bonds is 17. The van der Waals surface area contributed by atoms with E-state index in [-0.39, 0.29) is 0 Å². The molecule has 8 heteroatoms. The average molecular weight is 405 g/mol. The highest BCUT2D eigenvalue weighted by molar-refractivity contribution is 6.78. The molecule has 0 rings (SSSR count). The van der Waals surface area contributed by atoms with Crippen molar-refractivity contribution >= 4 is 18.3 Å². The smallest absolute Gasteiger partial charge is 0.0505 e. The van der Waals surface area contributed by atoms with Gasteiger partial charge in [0.2, 0.25) is 0 Å². The van der Waals surface area contributed by atoms with Gasteiger partial charge >= 0.3 is 0 Å². The molecule has 6 nitrogen and oxygen atoms in total. The Morgan fingerprint density at radius 2 is 1.23 bits per heavy atom. The largest absolute Gasteiger partial charge is 0.318 e. The van der Waals surface area contributed by atoms with Gasteiger partial charge in [-0.1, -0.05) is 57.8 Å². The predicted octanol–water partition coefficient (Wildman–Crippen LogP) is 0.848. The van der Waals surface area contributed by atoms with Crippen molar-refractivity contribution in [3.63, 3.8) is 0 Å². The molecule has 0 aliphatic rings. The van der Waals surface area contributed by atoms with Crippen molar-refractivity contribution in [1.29, 1.82) is 0 Å². The van der Waals surface area contributed by atoms with Crippen LogP contribution in [0, 0.1) is 0 Å². The third-order valence-electron chi connectivity index (χ3n) is 5.87. The average Bonchev–Trinajstić information content (AvgIpc) is 2.61. The first-order valence-corrected chi connectivity index (χ1v) is 14.6. The van der Waals surface area contributed by atoms with Crippen molar-refractivity contribution in [2.45, 2.75) is 75.7 Å². The zero-order valence-electron chi connectivity index (χ0n) is 18.1. The second-order valence-electron chi connectivity index (χ2n) is 8.95. The summed E-state index contributed by atoms with van der Waals surface area (Å²) in [6.07, 6.45) is 6.54. The van der Waals surface area contributed by atoms with Crippen LogP contribution in [0.5, 0.6) is 0 Å². The first kappa shape index (κ1) is 26.2. The van der Waals surface area contributed by atoms with Crippen LogP contribution >= 0.6 is 0 Å². The molecule has 0 aromatic carbocycles. The normalized spacial score (nSPS) is 15.1. The topological polar surface area (TPSA) is 111 Å². The van der Waals surface area contributed by atoms with Crippen LogP contribution in [-0.2, 0) is 0 Å². The van der Waals surface area contributed by atoms with E-state index in [9.17, 15) is 0 Å². The lowest BCUT2D eigenvalue weighted by Crippen LogP contribution is -2.39. The summed E-state index contributed by atoms with van der Waals surface area (Å²) in [5.74, 6) is 0. The van der Waals surface area contributed by atoms with Crippen molar-refractivity contribution in [3.8, 4) is 0 Å². The maximum atomic E-state index is 5.76. The summed E-state index contributed by atoms with van der Waals surface area (Å²) in [4.78, 5) is 4.26. The Hall–Kier alpha value is 0.194. The van der Waals surface area contributed by atoms with Crippen LogP contribution in [0.4, 0.5) is 0 Å². The monoisotopic (exact) mass is 404 g/mol. The van der Waals surface area contributed by atoms with E-state index in [2.05, 4.69) is 30.2 Å². The first-order chi connectivity index (χ1) is 12.3. The Morgan fingerprint density at radius 3 is 1.58 bits per heavy atom. The summed E-state index contributed by atoms with van der Waals surface area (Å²) in [6, 6.07) is 4.19. The molecule has 26 heavy (non-hydrogen) atoms. The van der Waals surface area contributed by atoms with Crippen LogP contribution in [0.25, 0.3) is 0 Å². The molecule has 0 bridgehead atoms. The minimum absolute atomic E-state index is 0.561. The fourth-order valence-electron chi connectivity index (χ4n) is 3.79. The maximum Gasteiger partial charge on any atom is 0.0505 e. The van der Waals surface area contributed by atoms with Crippen LogP contribution in [0.3, 0.4) is 0 Å². The van der Waals surface area contributed by atoms with E-state index in [4.69, 9.17) is 22.9 Å². The molecular formula is C18H48N6Si2. The lowest BCUT2D eigenvalue weighted by atomic mass is 10.0. The second-order valence-corrected chi connectivity index (χ2v) is 16.5. The molecule has 1 unspecified atom stereocenters. The zero-order valence-corrected chi connectivity index (χ0v) is 21.1. The standard InChI is InChI=1S/C18H48N6Si2/c1-4-7-18(2,25)8-13-26(3,11-5-9-23(14-19)15-20)12-6-10-24(16-21)17-22/h4-17,19-22H2,1-3,25H3. The molecule has 0 fully saturated rings. The molecule has 0 amide bonds. The van der Waals surface area contributed by atoms with Gasteiger partial charge < -0.3 is 22.9 Å². The van der Waals surface area contributed by atoms with E-state index in [1.54, 1.807) is 0 Å². The summed E-state index contributed by atoms with van der Waals surface area (Å²) >= 11 is 0. The van der Waals surface area contributed by atoms with Crippen molar-refractivity contribution in [1.82, 2.24) is 9.80 Å². The molecule has 0 aromatic heterocycles. The van der Waals surface area contributed by atoms with Crippen molar-refractivity contribution in [2.24, 2.45) is 22.9 Å². The Kier molecular flexibility index (Phi) is 14.3. The second kappa shape index (κ2) is 14.2. The highest BCUT2D eigenvalue weighted by Crippen LogP contribution is 2.38. The fraction of sp³-hybridized carbons (Fsp3) is 1.00. The quantitative estimate of drug-likeness (QED) is 0.211. The van der Waals surface area contributed by atoms with Gasteiger partial charge in [0.05, 0.1) is 8.07 Å². The maximum absolute atomic E-state index is 5.76. The molecule has 1 atom stereocenters.